The Labute approximate surface area is 243 Å². The van der Waals surface area contributed by atoms with E-state index in [4.69, 9.17) is 4.74 Å². The first-order valence-corrected chi connectivity index (χ1v) is 15.5. The number of rotatable bonds is 14. The molecule has 3 aliphatic rings. The van der Waals surface area contributed by atoms with E-state index < -0.39 is 22.6 Å². The highest BCUT2D eigenvalue weighted by molar-refractivity contribution is 8.02. The van der Waals surface area contributed by atoms with E-state index in [-0.39, 0.29) is 35.6 Å². The lowest BCUT2D eigenvalue weighted by Gasteiger charge is -2.40. The lowest BCUT2D eigenvalue weighted by atomic mass is 9.66. The molecular weight excluding hydrogens is 524 g/mol. The smallest absolute Gasteiger partial charge is 0.310 e. The van der Waals surface area contributed by atoms with Gasteiger partial charge in [0.2, 0.25) is 5.91 Å². The molecule has 3 aliphatic heterocycles. The van der Waals surface area contributed by atoms with Crippen LogP contribution in [-0.4, -0.2) is 70.1 Å². The number of aryl methyl sites for hydroxylation is 2. The summed E-state index contributed by atoms with van der Waals surface area (Å²) in [6.45, 7) is 14.8. The lowest BCUT2D eigenvalue weighted by molar-refractivity contribution is -0.154. The molecule has 3 fully saturated rings. The van der Waals surface area contributed by atoms with Gasteiger partial charge in [-0.1, -0.05) is 31.2 Å². The number of esters is 1. The first kappa shape index (κ1) is 30.4. The summed E-state index contributed by atoms with van der Waals surface area (Å²) < 4.78 is 5.02. The molecule has 2 bridgehead atoms. The van der Waals surface area contributed by atoms with E-state index in [1.807, 2.05) is 38.1 Å². The fourth-order valence-electron chi connectivity index (χ4n) is 6.96. The SMILES string of the molecule is C=CCCCCOC(=O)[C@@H]1[C@@H]2CC(C)C3(S2)C(C(=O)N(CC=C)c2cc(C)ccc2C)N(CCCCO)C(=O)[C@H]13. The molecule has 0 aromatic heterocycles. The number of amides is 2. The van der Waals surface area contributed by atoms with Crippen LogP contribution in [0.2, 0.25) is 0 Å². The van der Waals surface area contributed by atoms with Gasteiger partial charge in [0.1, 0.15) is 6.04 Å². The number of aliphatic hydroxyl groups excluding tert-OH is 1. The fourth-order valence-corrected chi connectivity index (χ4v) is 9.36. The summed E-state index contributed by atoms with van der Waals surface area (Å²) in [6.07, 6.45) is 7.99. The topological polar surface area (TPSA) is 87.2 Å². The Morgan fingerprint density at radius 3 is 2.67 bits per heavy atom. The Balaban J connectivity index is 1.71. The number of aliphatic hydroxyl groups is 1. The van der Waals surface area contributed by atoms with E-state index in [2.05, 4.69) is 20.1 Å². The molecule has 1 aromatic carbocycles. The molecule has 8 heteroatoms. The highest BCUT2D eigenvalue weighted by Gasteiger charge is 2.76. The van der Waals surface area contributed by atoms with Gasteiger partial charge in [0.05, 0.1) is 23.2 Å². The standard InChI is InChI=1S/C32H44N2O5S/c1-6-8-9-12-18-39-31(38)26-25-20-23(5)32(40-25)27(26)29(36)34(16-10-11-17-35)28(32)30(37)33(15-7-2)24-19-21(3)13-14-22(24)4/h6-7,13-14,19,23,25-28,35H,1-2,8-12,15-18,20H2,3-5H3/t23?,25-,26+,27-,28?,32?/m0/s1. The zero-order valence-corrected chi connectivity index (χ0v) is 25.0. The quantitative estimate of drug-likeness (QED) is 0.197. The number of likely N-dealkylation sites (tertiary alicyclic amines) is 1. The summed E-state index contributed by atoms with van der Waals surface area (Å²) in [5.41, 5.74) is 2.83. The monoisotopic (exact) mass is 568 g/mol. The molecule has 3 heterocycles. The molecule has 6 atom stereocenters. The van der Waals surface area contributed by atoms with Crippen LogP contribution in [-0.2, 0) is 19.1 Å². The summed E-state index contributed by atoms with van der Waals surface area (Å²) in [7, 11) is 0. The molecule has 7 nitrogen and oxygen atoms in total. The van der Waals surface area contributed by atoms with Crippen molar-refractivity contribution in [2.45, 2.75) is 75.3 Å². The van der Waals surface area contributed by atoms with Crippen LogP contribution >= 0.6 is 11.8 Å². The van der Waals surface area contributed by atoms with Crippen LogP contribution < -0.4 is 4.90 Å². The van der Waals surface area contributed by atoms with E-state index >= 15 is 0 Å². The number of carbonyl (C=O) groups excluding carboxylic acids is 3. The first-order valence-electron chi connectivity index (χ1n) is 14.6. The van der Waals surface area contributed by atoms with Crippen molar-refractivity contribution >= 4 is 35.2 Å². The minimum atomic E-state index is -0.709. The van der Waals surface area contributed by atoms with Crippen LogP contribution in [0.1, 0.15) is 56.6 Å². The van der Waals surface area contributed by atoms with Crippen LogP contribution in [0.3, 0.4) is 0 Å². The van der Waals surface area contributed by atoms with Crippen LogP contribution in [0.15, 0.2) is 43.5 Å². The number of fused-ring (bicyclic) bond motifs is 1. The second kappa shape index (κ2) is 12.9. The number of hydrogen-bond acceptors (Lipinski definition) is 6. The summed E-state index contributed by atoms with van der Waals surface area (Å²) in [5.74, 6) is -1.66. The number of carbonyl (C=O) groups is 3. The summed E-state index contributed by atoms with van der Waals surface area (Å²) in [4.78, 5) is 45.9. The number of allylic oxidation sites excluding steroid dienone is 1. The maximum absolute atomic E-state index is 14.7. The summed E-state index contributed by atoms with van der Waals surface area (Å²) in [6, 6.07) is 5.33. The molecule has 218 valence electrons. The average molecular weight is 569 g/mol. The van der Waals surface area contributed by atoms with Crippen molar-refractivity contribution in [3.8, 4) is 0 Å². The molecular formula is C32H44N2O5S. The van der Waals surface area contributed by atoms with E-state index in [0.29, 0.717) is 32.5 Å². The van der Waals surface area contributed by atoms with Gasteiger partial charge in [0, 0.05) is 30.6 Å². The minimum absolute atomic E-state index is 0.0221. The number of anilines is 1. The van der Waals surface area contributed by atoms with Crippen molar-refractivity contribution in [2.24, 2.45) is 17.8 Å². The van der Waals surface area contributed by atoms with Gasteiger partial charge in [0.25, 0.3) is 5.91 Å². The van der Waals surface area contributed by atoms with Gasteiger partial charge in [-0.05, 0) is 75.5 Å². The maximum atomic E-state index is 14.7. The Kier molecular flexibility index (Phi) is 9.83. The molecule has 3 unspecified atom stereocenters. The molecule has 4 rings (SSSR count). The van der Waals surface area contributed by atoms with E-state index in [1.165, 1.54) is 0 Å². The van der Waals surface area contributed by atoms with Crippen molar-refractivity contribution in [3.05, 3.63) is 54.6 Å². The second-order valence-electron chi connectivity index (χ2n) is 11.5. The first-order chi connectivity index (χ1) is 19.2. The largest absolute Gasteiger partial charge is 0.465 e. The molecule has 3 saturated heterocycles. The molecule has 40 heavy (non-hydrogen) atoms. The van der Waals surface area contributed by atoms with Gasteiger partial charge in [-0.2, -0.15) is 0 Å². The molecule has 1 aromatic rings. The highest BCUT2D eigenvalue weighted by Crippen LogP contribution is 2.68. The van der Waals surface area contributed by atoms with Crippen molar-refractivity contribution < 1.29 is 24.2 Å². The van der Waals surface area contributed by atoms with E-state index in [1.54, 1.807) is 27.6 Å². The number of thioether (sulfide) groups is 1. The zero-order chi connectivity index (χ0) is 29.0. The number of nitrogens with zero attached hydrogens (tertiary/aromatic N) is 2. The third kappa shape index (κ3) is 5.37. The van der Waals surface area contributed by atoms with Crippen molar-refractivity contribution in [1.29, 1.82) is 0 Å². The number of benzene rings is 1. The van der Waals surface area contributed by atoms with E-state index in [0.717, 1.165) is 42.5 Å². The van der Waals surface area contributed by atoms with Gasteiger partial charge in [-0.25, -0.2) is 0 Å². The molecule has 0 aliphatic carbocycles. The van der Waals surface area contributed by atoms with Crippen LogP contribution in [0.25, 0.3) is 0 Å². The predicted molar refractivity (Wildman–Crippen MR) is 160 cm³/mol. The van der Waals surface area contributed by atoms with Gasteiger partial charge >= 0.3 is 5.97 Å². The van der Waals surface area contributed by atoms with Crippen LogP contribution in [0.5, 0.6) is 0 Å². The summed E-state index contributed by atoms with van der Waals surface area (Å²) >= 11 is 1.66. The van der Waals surface area contributed by atoms with Gasteiger partial charge in [-0.3, -0.25) is 14.4 Å². The van der Waals surface area contributed by atoms with Gasteiger partial charge in [-0.15, -0.1) is 24.9 Å². The Bertz CT molecular complexity index is 1140. The van der Waals surface area contributed by atoms with E-state index in [9.17, 15) is 19.5 Å². The molecule has 0 saturated carbocycles. The lowest BCUT2D eigenvalue weighted by Crippen LogP contribution is -2.57. The Morgan fingerprint density at radius 1 is 1.20 bits per heavy atom. The maximum Gasteiger partial charge on any atom is 0.310 e. The number of unbranched alkanes of at least 4 members (excludes halogenated alkanes) is 3. The average Bonchev–Trinajstić information content (AvgIpc) is 3.52. The van der Waals surface area contributed by atoms with Crippen molar-refractivity contribution in [3.63, 3.8) is 0 Å². The van der Waals surface area contributed by atoms with Gasteiger partial charge < -0.3 is 19.6 Å². The fraction of sp³-hybridized carbons (Fsp3) is 0.594. The normalized spacial score (nSPS) is 28.4. The third-order valence-corrected chi connectivity index (χ3v) is 10.9. The molecule has 2 amide bonds. The second-order valence-corrected chi connectivity index (χ2v) is 13.0. The molecule has 1 N–H and O–H groups in total. The predicted octanol–water partition coefficient (Wildman–Crippen LogP) is 4.83. The number of ether oxygens (including phenoxy) is 1. The molecule has 0 radical (unpaired) electrons. The number of hydrogen-bond donors (Lipinski definition) is 1. The van der Waals surface area contributed by atoms with Crippen molar-refractivity contribution in [1.82, 2.24) is 4.90 Å². The molecule has 1 spiro atoms. The highest BCUT2D eigenvalue weighted by atomic mass is 32.2. The van der Waals surface area contributed by atoms with Crippen LogP contribution in [0, 0.1) is 31.6 Å². The van der Waals surface area contributed by atoms with Gasteiger partial charge in [0.15, 0.2) is 0 Å². The Hall–Kier alpha value is -2.58. The van der Waals surface area contributed by atoms with Crippen molar-refractivity contribution in [2.75, 3.05) is 31.2 Å². The summed E-state index contributed by atoms with van der Waals surface area (Å²) in [5, 5.41) is 9.39. The zero-order valence-electron chi connectivity index (χ0n) is 24.1. The Morgan fingerprint density at radius 2 is 1.98 bits per heavy atom. The minimum Gasteiger partial charge on any atom is -0.465 e. The third-order valence-electron chi connectivity index (χ3n) is 8.84. The van der Waals surface area contributed by atoms with Crippen LogP contribution in [0.4, 0.5) is 5.69 Å².